The van der Waals surface area contributed by atoms with E-state index < -0.39 is 35.2 Å². The molecular weight excluding hydrogens is 364 g/mol. The molecule has 138 valence electrons. The molecule has 2 atom stereocenters. The number of amides is 2. The molecule has 2 N–H and O–H groups in total. The van der Waals surface area contributed by atoms with Crippen LogP contribution in [0.3, 0.4) is 0 Å². The number of ether oxygens (including phenoxy) is 1. The van der Waals surface area contributed by atoms with E-state index in [9.17, 15) is 24.3 Å². The average Bonchev–Trinajstić information content (AvgIpc) is 3.02. The summed E-state index contributed by atoms with van der Waals surface area (Å²) >= 11 is 1.30. The quantitative estimate of drug-likeness (QED) is 0.508. The molecule has 11 heteroatoms. The molecule has 0 unspecified atom stereocenters. The molecule has 1 fully saturated rings. The molecule has 0 bridgehead atoms. The van der Waals surface area contributed by atoms with Crippen molar-refractivity contribution in [2.45, 2.75) is 18.3 Å². The van der Waals surface area contributed by atoms with Gasteiger partial charge in [-0.05, 0) is 6.07 Å². The van der Waals surface area contributed by atoms with Gasteiger partial charge in [0.05, 0.1) is 0 Å². The monoisotopic (exact) mass is 380 g/mol. The van der Waals surface area contributed by atoms with E-state index in [1.165, 1.54) is 29.4 Å². The van der Waals surface area contributed by atoms with Gasteiger partial charge in [-0.25, -0.2) is 4.79 Å². The number of β-lactam (4-membered cyclic amide) rings is 1. The second kappa shape index (κ2) is 6.83. The minimum Gasteiger partial charge on any atom is -0.477 e. The number of nitrogens with zero attached hydrogens (tertiary/aromatic N) is 3. The van der Waals surface area contributed by atoms with E-state index in [0.29, 0.717) is 5.57 Å². The number of hydrogen-bond donors (Lipinski definition) is 2. The highest BCUT2D eigenvalue weighted by molar-refractivity contribution is 8.00. The lowest BCUT2D eigenvalue weighted by atomic mass is 10.0. The zero-order valence-electron chi connectivity index (χ0n) is 14.0. The van der Waals surface area contributed by atoms with Gasteiger partial charge in [0.2, 0.25) is 0 Å². The molecule has 10 nitrogen and oxygen atoms in total. The third kappa shape index (κ3) is 3.17. The number of aryl methyl sites for hydroxylation is 1. The average molecular weight is 380 g/mol. The molecule has 2 aliphatic rings. The van der Waals surface area contributed by atoms with E-state index >= 15 is 0 Å². The van der Waals surface area contributed by atoms with E-state index in [4.69, 9.17) is 4.74 Å². The summed E-state index contributed by atoms with van der Waals surface area (Å²) < 4.78 is 6.33. The van der Waals surface area contributed by atoms with Gasteiger partial charge in [-0.15, -0.1) is 11.8 Å². The SMILES string of the molecule is CC(=O)OCC1=C(C(=O)O)N2C(=O)[C@H](NC(=O)c3ccn(C)n3)[C@H]2SC1. The standard InChI is InChI=1S/C15H16N4O6S/c1-7(20)25-5-8-6-26-14-10(13(22)19(14)11(8)15(23)24)16-12(21)9-3-4-18(2)17-9/h3-4,10,14H,5-6H2,1-2H3,(H,16,21)(H,23,24)/t10-,14+/m0/s1. The van der Waals surface area contributed by atoms with Crippen LogP contribution in [0.2, 0.25) is 0 Å². The van der Waals surface area contributed by atoms with Gasteiger partial charge < -0.3 is 15.2 Å². The Hall–Kier alpha value is -2.82. The highest BCUT2D eigenvalue weighted by atomic mass is 32.2. The van der Waals surface area contributed by atoms with E-state index in [-0.39, 0.29) is 23.8 Å². The summed E-state index contributed by atoms with van der Waals surface area (Å²) in [4.78, 5) is 48.3. The molecule has 0 aromatic carbocycles. The van der Waals surface area contributed by atoms with Crippen molar-refractivity contribution in [1.82, 2.24) is 20.0 Å². The van der Waals surface area contributed by atoms with Crippen LogP contribution in [-0.2, 0) is 26.2 Å². The Balaban J connectivity index is 1.75. The number of esters is 1. The van der Waals surface area contributed by atoms with E-state index in [1.807, 2.05) is 0 Å². The zero-order chi connectivity index (χ0) is 19.0. The lowest BCUT2D eigenvalue weighted by molar-refractivity contribution is -0.149. The number of rotatable bonds is 5. The number of hydrogen-bond acceptors (Lipinski definition) is 7. The maximum Gasteiger partial charge on any atom is 0.352 e. The van der Waals surface area contributed by atoms with E-state index in [1.54, 1.807) is 13.2 Å². The van der Waals surface area contributed by atoms with Gasteiger partial charge in [0.1, 0.15) is 29.4 Å². The molecule has 3 heterocycles. The van der Waals surface area contributed by atoms with E-state index in [2.05, 4.69) is 10.4 Å². The number of thioether (sulfide) groups is 1. The zero-order valence-corrected chi connectivity index (χ0v) is 14.8. The van der Waals surface area contributed by atoms with Crippen LogP contribution in [0.4, 0.5) is 0 Å². The summed E-state index contributed by atoms with van der Waals surface area (Å²) in [5.74, 6) is -2.57. The molecular formula is C15H16N4O6S. The first kappa shape index (κ1) is 18.0. The number of carbonyl (C=O) groups is 4. The largest absolute Gasteiger partial charge is 0.477 e. The van der Waals surface area contributed by atoms with Crippen LogP contribution >= 0.6 is 11.8 Å². The van der Waals surface area contributed by atoms with Crippen molar-refractivity contribution in [2.75, 3.05) is 12.4 Å². The molecule has 0 aliphatic carbocycles. The second-order valence-corrected chi connectivity index (χ2v) is 6.88. The Morgan fingerprint density at radius 2 is 2.19 bits per heavy atom. The topological polar surface area (TPSA) is 131 Å². The summed E-state index contributed by atoms with van der Waals surface area (Å²) in [6.07, 6.45) is 1.60. The Morgan fingerprint density at radius 3 is 2.77 bits per heavy atom. The van der Waals surface area contributed by atoms with Gasteiger partial charge in [0, 0.05) is 31.5 Å². The Kier molecular flexibility index (Phi) is 4.72. The van der Waals surface area contributed by atoms with Crippen LogP contribution < -0.4 is 5.32 Å². The molecule has 0 spiro atoms. The van der Waals surface area contributed by atoms with Crippen molar-refractivity contribution < 1.29 is 29.0 Å². The number of aliphatic carboxylic acids is 1. The van der Waals surface area contributed by atoms with Crippen molar-refractivity contribution in [3.05, 3.63) is 29.2 Å². The number of nitrogens with one attached hydrogen (secondary N) is 1. The van der Waals surface area contributed by atoms with Gasteiger partial charge in [-0.2, -0.15) is 5.10 Å². The fourth-order valence-corrected chi connectivity index (χ4v) is 4.06. The van der Waals surface area contributed by atoms with Crippen molar-refractivity contribution >= 4 is 35.5 Å². The third-order valence-electron chi connectivity index (χ3n) is 3.93. The first-order chi connectivity index (χ1) is 12.3. The lowest BCUT2D eigenvalue weighted by Gasteiger charge is -2.49. The predicted octanol–water partition coefficient (Wildman–Crippen LogP) is -0.665. The summed E-state index contributed by atoms with van der Waals surface area (Å²) in [5, 5.41) is 15.5. The fourth-order valence-electron chi connectivity index (χ4n) is 2.73. The fraction of sp³-hybridized carbons (Fsp3) is 0.400. The minimum absolute atomic E-state index is 0.170. The summed E-state index contributed by atoms with van der Waals surface area (Å²) in [6, 6.07) is 0.684. The van der Waals surface area contributed by atoms with Gasteiger partial charge in [0.15, 0.2) is 0 Å². The first-order valence-corrected chi connectivity index (χ1v) is 8.68. The van der Waals surface area contributed by atoms with Crippen molar-refractivity contribution in [3.8, 4) is 0 Å². The molecule has 0 radical (unpaired) electrons. The molecule has 1 aromatic heterocycles. The molecule has 26 heavy (non-hydrogen) atoms. The molecule has 2 amide bonds. The molecule has 3 rings (SSSR count). The number of aromatic nitrogens is 2. The Morgan fingerprint density at radius 1 is 1.46 bits per heavy atom. The number of carboxylic acids is 1. The number of carboxylic acid groups (broad SMARTS) is 1. The van der Waals surface area contributed by atoms with Crippen molar-refractivity contribution in [2.24, 2.45) is 7.05 Å². The summed E-state index contributed by atoms with van der Waals surface area (Å²) in [7, 11) is 1.67. The normalized spacial score (nSPS) is 21.8. The van der Waals surface area contributed by atoms with Crippen molar-refractivity contribution in [3.63, 3.8) is 0 Å². The van der Waals surface area contributed by atoms with Gasteiger partial charge >= 0.3 is 11.9 Å². The highest BCUT2D eigenvalue weighted by Gasteiger charge is 2.54. The van der Waals surface area contributed by atoms with Crippen LogP contribution in [0.5, 0.6) is 0 Å². The molecule has 1 saturated heterocycles. The Bertz CT molecular complexity index is 832. The van der Waals surface area contributed by atoms with Crippen LogP contribution in [0.25, 0.3) is 0 Å². The number of carbonyl (C=O) groups excluding carboxylic acids is 3. The van der Waals surface area contributed by atoms with Crippen LogP contribution in [-0.4, -0.2) is 67.3 Å². The first-order valence-electron chi connectivity index (χ1n) is 7.63. The predicted molar refractivity (Wildman–Crippen MR) is 88.8 cm³/mol. The van der Waals surface area contributed by atoms with Gasteiger partial charge in [-0.3, -0.25) is 24.0 Å². The minimum atomic E-state index is -1.28. The highest BCUT2D eigenvalue weighted by Crippen LogP contribution is 2.40. The smallest absolute Gasteiger partial charge is 0.352 e. The van der Waals surface area contributed by atoms with Gasteiger partial charge in [0.25, 0.3) is 11.8 Å². The van der Waals surface area contributed by atoms with Crippen LogP contribution in [0.1, 0.15) is 17.4 Å². The lowest BCUT2D eigenvalue weighted by Crippen LogP contribution is -2.70. The second-order valence-electron chi connectivity index (χ2n) is 5.77. The van der Waals surface area contributed by atoms with Crippen molar-refractivity contribution in [1.29, 1.82) is 0 Å². The van der Waals surface area contributed by atoms with Crippen LogP contribution in [0, 0.1) is 0 Å². The summed E-state index contributed by atoms with van der Waals surface area (Å²) in [6.45, 7) is 1.03. The molecule has 1 aromatic rings. The van der Waals surface area contributed by atoms with E-state index in [0.717, 1.165) is 4.90 Å². The third-order valence-corrected chi connectivity index (χ3v) is 5.27. The maximum atomic E-state index is 12.4. The van der Waals surface area contributed by atoms with Gasteiger partial charge in [-0.1, -0.05) is 0 Å². The van der Waals surface area contributed by atoms with Crippen LogP contribution in [0.15, 0.2) is 23.5 Å². The Labute approximate surface area is 152 Å². The molecule has 0 saturated carbocycles. The molecule has 2 aliphatic heterocycles. The number of fused-ring (bicyclic) bond motifs is 1. The maximum absolute atomic E-state index is 12.4. The summed E-state index contributed by atoms with van der Waals surface area (Å²) in [5.41, 5.74) is 0.323.